The van der Waals surface area contributed by atoms with Crippen molar-refractivity contribution in [3.63, 3.8) is 0 Å². The number of rotatable bonds is 11. The molecule has 0 unspecified atom stereocenters. The molecule has 2 aliphatic heterocycles. The van der Waals surface area contributed by atoms with Crippen molar-refractivity contribution in [2.75, 3.05) is 31.6 Å². The minimum Gasteiger partial charge on any atom is -0.511 e. The van der Waals surface area contributed by atoms with E-state index in [4.69, 9.17) is 9.72 Å². The summed E-state index contributed by atoms with van der Waals surface area (Å²) < 4.78 is 34.5. The summed E-state index contributed by atoms with van der Waals surface area (Å²) in [5.41, 5.74) is 2.78. The molecule has 2 aliphatic rings. The largest absolute Gasteiger partial charge is 0.511 e. The van der Waals surface area contributed by atoms with Crippen LogP contribution < -0.4 is 5.32 Å². The summed E-state index contributed by atoms with van der Waals surface area (Å²) in [6.45, 7) is 7.50. The van der Waals surface area contributed by atoms with Crippen LogP contribution in [-0.4, -0.2) is 47.3 Å². The first-order valence-corrected chi connectivity index (χ1v) is 12.8. The Bertz CT molecular complexity index is 1010. The van der Waals surface area contributed by atoms with Gasteiger partial charge in [0.1, 0.15) is 11.6 Å². The number of aryl methyl sites for hydroxylation is 2. The molecule has 3 heterocycles. The highest BCUT2D eigenvalue weighted by Crippen LogP contribution is 2.38. The Morgan fingerprint density at radius 2 is 2.09 bits per heavy atom. The molecule has 4 rings (SSSR count). The van der Waals surface area contributed by atoms with Gasteiger partial charge in [-0.05, 0) is 55.7 Å². The fraction of sp³-hybridized carbons (Fsp3) is 0.536. The van der Waals surface area contributed by atoms with Gasteiger partial charge in [-0.3, -0.25) is 4.90 Å². The van der Waals surface area contributed by atoms with Gasteiger partial charge in [0.15, 0.2) is 0 Å². The third-order valence-electron chi connectivity index (χ3n) is 6.97. The smallest absolute Gasteiger partial charge is 0.270 e. The number of nitrogens with one attached hydrogen (secondary N) is 1. The number of aliphatic hydroxyl groups excluding tert-OH is 1. The van der Waals surface area contributed by atoms with E-state index in [2.05, 4.69) is 24.0 Å². The fourth-order valence-corrected chi connectivity index (χ4v) is 5.19. The number of fused-ring (bicyclic) bond motifs is 1. The summed E-state index contributed by atoms with van der Waals surface area (Å²) in [5.74, 6) is -2.06. The normalized spacial score (nSPS) is 19.2. The lowest BCUT2D eigenvalue weighted by Gasteiger charge is -2.30. The van der Waals surface area contributed by atoms with Crippen LogP contribution in [0.5, 0.6) is 0 Å². The second kappa shape index (κ2) is 11.5. The van der Waals surface area contributed by atoms with Gasteiger partial charge in [0.05, 0.1) is 12.1 Å². The highest BCUT2D eigenvalue weighted by atomic mass is 19.3. The van der Waals surface area contributed by atoms with E-state index in [1.165, 1.54) is 18.1 Å². The van der Waals surface area contributed by atoms with Gasteiger partial charge in [0.25, 0.3) is 5.92 Å². The number of hydrogen-bond donors (Lipinski definition) is 2. The predicted molar refractivity (Wildman–Crippen MR) is 135 cm³/mol. The lowest BCUT2D eigenvalue weighted by Crippen LogP contribution is -2.31. The summed E-state index contributed by atoms with van der Waals surface area (Å²) in [7, 11) is 0. The van der Waals surface area contributed by atoms with Crippen molar-refractivity contribution >= 4 is 5.82 Å². The molecule has 1 saturated heterocycles. The van der Waals surface area contributed by atoms with Crippen LogP contribution in [0.2, 0.25) is 0 Å². The molecule has 1 fully saturated rings. The molecule has 190 valence electrons. The Morgan fingerprint density at radius 3 is 2.89 bits per heavy atom. The third kappa shape index (κ3) is 6.58. The lowest BCUT2D eigenvalue weighted by molar-refractivity contribution is 0.0146. The number of alkyl halides is 2. The van der Waals surface area contributed by atoms with Crippen molar-refractivity contribution in [2.45, 2.75) is 69.9 Å². The van der Waals surface area contributed by atoms with E-state index in [1.807, 2.05) is 4.90 Å². The lowest BCUT2D eigenvalue weighted by atomic mass is 9.94. The molecular weight excluding hydrogens is 448 g/mol. The summed E-state index contributed by atoms with van der Waals surface area (Å²) in [5, 5.41) is 13.7. The van der Waals surface area contributed by atoms with Gasteiger partial charge in [-0.2, -0.15) is 0 Å². The molecule has 0 aliphatic carbocycles. The first-order valence-electron chi connectivity index (χ1n) is 12.8. The number of unbranched alkanes of at least 4 members (excludes halogenated alkanes) is 2. The van der Waals surface area contributed by atoms with Crippen LogP contribution in [0.1, 0.15) is 67.5 Å². The van der Waals surface area contributed by atoms with E-state index in [1.54, 1.807) is 18.2 Å². The molecule has 0 radical (unpaired) electrons. The quantitative estimate of drug-likeness (QED) is 0.295. The molecule has 2 N–H and O–H groups in total. The maximum atomic E-state index is 14.2. The van der Waals surface area contributed by atoms with Gasteiger partial charge in [-0.15, -0.1) is 0 Å². The Morgan fingerprint density at radius 1 is 1.26 bits per heavy atom. The highest BCUT2D eigenvalue weighted by Gasteiger charge is 2.36. The van der Waals surface area contributed by atoms with Crippen molar-refractivity contribution in [3.05, 3.63) is 71.1 Å². The average Bonchev–Trinajstić information content (AvgIpc) is 3.29. The van der Waals surface area contributed by atoms with Gasteiger partial charge in [0, 0.05) is 44.4 Å². The summed E-state index contributed by atoms with van der Waals surface area (Å²) in [6.07, 6.45) is 7.19. The molecular formula is C28H37F2N3O2. The number of likely N-dealkylation sites (tertiary alicyclic amines) is 1. The van der Waals surface area contributed by atoms with Crippen molar-refractivity contribution < 1.29 is 18.6 Å². The zero-order valence-corrected chi connectivity index (χ0v) is 20.6. The number of benzene rings is 1. The molecule has 2 atom stereocenters. The number of aromatic nitrogens is 1. The maximum Gasteiger partial charge on any atom is 0.270 e. The van der Waals surface area contributed by atoms with Gasteiger partial charge >= 0.3 is 0 Å². The number of ether oxygens (including phenoxy) is 1. The zero-order chi connectivity index (χ0) is 24.8. The zero-order valence-electron chi connectivity index (χ0n) is 20.6. The molecule has 0 amide bonds. The maximum absolute atomic E-state index is 14.2. The van der Waals surface area contributed by atoms with Crippen molar-refractivity contribution in [2.24, 2.45) is 0 Å². The minimum absolute atomic E-state index is 0.0273. The molecule has 1 aromatic heterocycles. The Hall–Kier alpha value is -2.51. The minimum atomic E-state index is -2.99. The van der Waals surface area contributed by atoms with Crippen LogP contribution >= 0.6 is 0 Å². The molecule has 7 heteroatoms. The molecule has 1 aromatic carbocycles. The molecule has 0 spiro atoms. The number of anilines is 1. The Labute approximate surface area is 207 Å². The summed E-state index contributed by atoms with van der Waals surface area (Å²) in [4.78, 5) is 6.75. The number of aliphatic hydroxyl groups is 1. The van der Waals surface area contributed by atoms with Gasteiger partial charge in [-0.25, -0.2) is 13.8 Å². The van der Waals surface area contributed by atoms with Crippen LogP contribution in [0.25, 0.3) is 0 Å². The van der Waals surface area contributed by atoms with E-state index in [9.17, 15) is 13.9 Å². The van der Waals surface area contributed by atoms with Crippen molar-refractivity contribution in [1.29, 1.82) is 0 Å². The van der Waals surface area contributed by atoms with Gasteiger partial charge in [0.2, 0.25) is 0 Å². The number of pyridine rings is 1. The van der Waals surface area contributed by atoms with Gasteiger partial charge < -0.3 is 15.2 Å². The first kappa shape index (κ1) is 25.6. The van der Waals surface area contributed by atoms with E-state index in [0.29, 0.717) is 25.3 Å². The number of halogens is 2. The average molecular weight is 486 g/mol. The van der Waals surface area contributed by atoms with Gasteiger partial charge in [-0.1, -0.05) is 43.3 Å². The monoisotopic (exact) mass is 485 g/mol. The second-order valence-electron chi connectivity index (χ2n) is 9.80. The van der Waals surface area contributed by atoms with E-state index < -0.39 is 12.0 Å². The summed E-state index contributed by atoms with van der Waals surface area (Å²) >= 11 is 0. The molecule has 0 bridgehead atoms. The highest BCUT2D eigenvalue weighted by molar-refractivity contribution is 5.47. The number of hydrogen-bond acceptors (Lipinski definition) is 5. The van der Waals surface area contributed by atoms with E-state index in [0.717, 1.165) is 63.5 Å². The molecule has 5 nitrogen and oxygen atoms in total. The van der Waals surface area contributed by atoms with E-state index in [-0.39, 0.29) is 17.4 Å². The van der Waals surface area contributed by atoms with Crippen LogP contribution in [-0.2, 0) is 23.5 Å². The fourth-order valence-electron chi connectivity index (χ4n) is 5.19. The van der Waals surface area contributed by atoms with Crippen LogP contribution in [0.3, 0.4) is 0 Å². The first-order chi connectivity index (χ1) is 16.8. The van der Waals surface area contributed by atoms with Crippen LogP contribution in [0, 0.1) is 0 Å². The van der Waals surface area contributed by atoms with Crippen LogP contribution in [0.4, 0.5) is 14.6 Å². The van der Waals surface area contributed by atoms with Crippen molar-refractivity contribution in [1.82, 2.24) is 9.88 Å². The SMILES string of the molecule is C=C(O)[C@H](c1ccccc1C(C)(F)F)N1CC[C@@H](OCCCCCc2ccc3c(n2)NCCC3)C1. The van der Waals surface area contributed by atoms with Crippen molar-refractivity contribution in [3.8, 4) is 0 Å². The Balaban J connectivity index is 1.21. The van der Waals surface area contributed by atoms with Crippen LogP contribution in [0.15, 0.2) is 48.7 Å². The molecule has 2 aromatic rings. The molecule has 35 heavy (non-hydrogen) atoms. The Kier molecular flexibility index (Phi) is 8.39. The number of nitrogens with zero attached hydrogens (tertiary/aromatic N) is 2. The molecule has 0 saturated carbocycles. The third-order valence-corrected chi connectivity index (χ3v) is 6.97. The summed E-state index contributed by atoms with van der Waals surface area (Å²) in [6, 6.07) is 10.1. The predicted octanol–water partition coefficient (Wildman–Crippen LogP) is 6.17. The second-order valence-corrected chi connectivity index (χ2v) is 9.80. The topological polar surface area (TPSA) is 57.6 Å². The van der Waals surface area contributed by atoms with E-state index >= 15 is 0 Å². The standard InChI is InChI=1S/C28H37F2N3O2/c1-20(34)26(24-11-5-6-12-25(24)28(2,29)30)33-17-15-23(19-33)35-18-7-3-4-10-22-14-13-21-9-8-16-31-27(21)32-22/h5-6,11-14,23,26,34H,1,3-4,7-10,15-19H2,2H3,(H,31,32)/t23-,26-/m1/s1.